The minimum Gasteiger partial charge on any atom is -0.493 e. The van der Waals surface area contributed by atoms with Crippen LogP contribution in [0.15, 0.2) is 18.2 Å². The molecule has 0 spiro atoms. The molecule has 1 heterocycles. The molecule has 0 aromatic heterocycles. The minimum absolute atomic E-state index is 0.166. The Morgan fingerprint density at radius 1 is 1.19 bits per heavy atom. The summed E-state index contributed by atoms with van der Waals surface area (Å²) in [6.07, 6.45) is 4.04. The van der Waals surface area contributed by atoms with Gasteiger partial charge in [-0.15, -0.1) is 0 Å². The van der Waals surface area contributed by atoms with Crippen molar-refractivity contribution in [2.24, 2.45) is 0 Å². The number of ether oxygens (including phenoxy) is 2. The van der Waals surface area contributed by atoms with Gasteiger partial charge in [0.15, 0.2) is 11.5 Å². The number of nitrogens with zero attached hydrogens (tertiary/aromatic N) is 1. The number of fused-ring (bicyclic) bond motifs is 1. The number of hydrogen-bond acceptors (Lipinski definition) is 4. The van der Waals surface area contributed by atoms with Crippen molar-refractivity contribution in [1.82, 2.24) is 4.90 Å². The van der Waals surface area contributed by atoms with Crippen LogP contribution in [0.5, 0.6) is 11.5 Å². The third kappa shape index (κ3) is 2.22. The second-order valence-corrected chi connectivity index (χ2v) is 6.28. The minimum atomic E-state index is 0.166. The molecule has 0 unspecified atom stereocenters. The predicted molar refractivity (Wildman–Crippen MR) is 83.8 cm³/mol. The molecule has 21 heavy (non-hydrogen) atoms. The molecule has 1 aliphatic heterocycles. The topological polar surface area (TPSA) is 45.5 Å². The largest absolute Gasteiger partial charge is 0.493 e. The first-order valence-corrected chi connectivity index (χ1v) is 7.60. The van der Waals surface area contributed by atoms with Gasteiger partial charge in [0.25, 0.3) is 0 Å². The van der Waals surface area contributed by atoms with Crippen molar-refractivity contribution in [3.05, 3.63) is 23.8 Å². The number of methoxy groups -OCH3 is 2. The van der Waals surface area contributed by atoms with E-state index in [9.17, 15) is 0 Å². The second-order valence-electron chi connectivity index (χ2n) is 6.28. The molecule has 4 heteroatoms. The lowest BCUT2D eigenvalue weighted by Crippen LogP contribution is -2.46. The molecule has 1 saturated heterocycles. The highest BCUT2D eigenvalue weighted by Gasteiger charge is 2.49. The standard InChI is InChI=1S/C17H24N2O2/c1-19-9-8-17(7-6-13(18)11-16(17)19)12-4-5-14(20-2)15(10-12)21-3/h4-5,10,16,18H,6-9,11H2,1-3H3/t16-,17-/m0/s1. The van der Waals surface area contributed by atoms with Crippen molar-refractivity contribution in [1.29, 1.82) is 5.41 Å². The molecule has 1 aromatic rings. The molecule has 1 aromatic carbocycles. The van der Waals surface area contributed by atoms with E-state index >= 15 is 0 Å². The number of nitrogens with one attached hydrogen (secondary N) is 1. The Hall–Kier alpha value is -1.55. The van der Waals surface area contributed by atoms with Gasteiger partial charge >= 0.3 is 0 Å². The summed E-state index contributed by atoms with van der Waals surface area (Å²) in [5.41, 5.74) is 2.39. The van der Waals surface area contributed by atoms with Gasteiger partial charge in [-0.3, -0.25) is 0 Å². The summed E-state index contributed by atoms with van der Waals surface area (Å²) in [7, 11) is 5.55. The molecule has 1 N–H and O–H groups in total. The third-order valence-electron chi connectivity index (χ3n) is 5.35. The zero-order chi connectivity index (χ0) is 15.0. The van der Waals surface area contributed by atoms with E-state index in [1.165, 1.54) is 5.56 Å². The van der Waals surface area contributed by atoms with Crippen LogP contribution >= 0.6 is 0 Å². The summed E-state index contributed by atoms with van der Waals surface area (Å²) in [6, 6.07) is 6.78. The van der Waals surface area contributed by atoms with Crippen molar-refractivity contribution >= 4 is 5.71 Å². The quantitative estimate of drug-likeness (QED) is 0.930. The second kappa shape index (κ2) is 5.34. The molecular formula is C17H24N2O2. The van der Waals surface area contributed by atoms with Gasteiger partial charge in [-0.1, -0.05) is 6.07 Å². The molecule has 1 saturated carbocycles. The van der Waals surface area contributed by atoms with Crippen LogP contribution in [0.4, 0.5) is 0 Å². The van der Waals surface area contributed by atoms with Gasteiger partial charge in [0.2, 0.25) is 0 Å². The average molecular weight is 288 g/mol. The molecule has 114 valence electrons. The van der Waals surface area contributed by atoms with Crippen molar-refractivity contribution < 1.29 is 9.47 Å². The predicted octanol–water partition coefficient (Wildman–Crippen LogP) is 2.85. The zero-order valence-electron chi connectivity index (χ0n) is 13.1. The van der Waals surface area contributed by atoms with Crippen LogP contribution in [-0.2, 0) is 5.41 Å². The van der Waals surface area contributed by atoms with Crippen LogP contribution in [-0.4, -0.2) is 44.5 Å². The van der Waals surface area contributed by atoms with E-state index in [4.69, 9.17) is 14.9 Å². The number of likely N-dealkylation sites (tertiary alicyclic amines) is 1. The van der Waals surface area contributed by atoms with Crippen molar-refractivity contribution in [2.45, 2.75) is 37.1 Å². The summed E-state index contributed by atoms with van der Waals surface area (Å²) < 4.78 is 10.8. The molecule has 4 nitrogen and oxygen atoms in total. The Kier molecular flexibility index (Phi) is 3.66. The smallest absolute Gasteiger partial charge is 0.161 e. The van der Waals surface area contributed by atoms with Crippen LogP contribution in [0.3, 0.4) is 0 Å². The number of likely N-dealkylation sites (N-methyl/N-ethyl adjacent to an activating group) is 1. The molecule has 1 aliphatic carbocycles. The van der Waals surface area contributed by atoms with E-state index < -0.39 is 0 Å². The number of benzene rings is 1. The maximum atomic E-state index is 8.05. The van der Waals surface area contributed by atoms with Gasteiger partial charge in [-0.2, -0.15) is 0 Å². The highest BCUT2D eigenvalue weighted by atomic mass is 16.5. The fourth-order valence-electron chi connectivity index (χ4n) is 4.10. The summed E-state index contributed by atoms with van der Waals surface area (Å²) in [5, 5.41) is 8.05. The van der Waals surface area contributed by atoms with Gasteiger partial charge in [-0.05, 0) is 50.6 Å². The molecule has 0 radical (unpaired) electrons. The lowest BCUT2D eigenvalue weighted by atomic mass is 9.65. The fourth-order valence-corrected chi connectivity index (χ4v) is 4.10. The Labute approximate surface area is 126 Å². The molecule has 2 fully saturated rings. The van der Waals surface area contributed by atoms with Crippen LogP contribution in [0, 0.1) is 5.41 Å². The maximum Gasteiger partial charge on any atom is 0.161 e. The Bertz CT molecular complexity index is 558. The first kappa shape index (κ1) is 14.4. The third-order valence-corrected chi connectivity index (χ3v) is 5.35. The monoisotopic (exact) mass is 288 g/mol. The van der Waals surface area contributed by atoms with Crippen molar-refractivity contribution in [3.63, 3.8) is 0 Å². The van der Waals surface area contributed by atoms with Crippen LogP contribution in [0.2, 0.25) is 0 Å². The summed E-state index contributed by atoms with van der Waals surface area (Å²) in [4.78, 5) is 2.42. The summed E-state index contributed by atoms with van der Waals surface area (Å²) in [5.74, 6) is 1.59. The molecular weight excluding hydrogens is 264 g/mol. The molecule has 2 aliphatic rings. The summed E-state index contributed by atoms with van der Waals surface area (Å²) in [6.45, 7) is 1.10. The molecule has 3 rings (SSSR count). The Balaban J connectivity index is 2.03. The fraction of sp³-hybridized carbons (Fsp3) is 0.588. The highest BCUT2D eigenvalue weighted by molar-refractivity contribution is 5.83. The van der Waals surface area contributed by atoms with Crippen molar-refractivity contribution in [2.75, 3.05) is 27.8 Å². The van der Waals surface area contributed by atoms with E-state index in [-0.39, 0.29) is 5.41 Å². The average Bonchev–Trinajstić information content (AvgIpc) is 2.85. The molecule has 2 atom stereocenters. The van der Waals surface area contributed by atoms with E-state index in [0.717, 1.165) is 49.4 Å². The SMILES string of the molecule is COc1ccc([C@@]23CCC(=N)C[C@@H]2N(C)CC3)cc1OC. The van der Waals surface area contributed by atoms with E-state index in [1.54, 1.807) is 14.2 Å². The number of hydrogen-bond donors (Lipinski definition) is 1. The summed E-state index contributed by atoms with van der Waals surface area (Å²) >= 11 is 0. The van der Waals surface area contributed by atoms with Crippen LogP contribution in [0.1, 0.15) is 31.2 Å². The Morgan fingerprint density at radius 2 is 1.95 bits per heavy atom. The normalized spacial score (nSPS) is 29.3. The van der Waals surface area contributed by atoms with Crippen molar-refractivity contribution in [3.8, 4) is 11.5 Å². The maximum absolute atomic E-state index is 8.05. The van der Waals surface area contributed by atoms with Gasteiger partial charge in [-0.25, -0.2) is 0 Å². The van der Waals surface area contributed by atoms with E-state index in [1.807, 2.05) is 6.07 Å². The van der Waals surface area contributed by atoms with Gasteiger partial charge in [0.1, 0.15) is 0 Å². The van der Waals surface area contributed by atoms with E-state index in [0.29, 0.717) is 6.04 Å². The van der Waals surface area contributed by atoms with Gasteiger partial charge < -0.3 is 19.8 Å². The van der Waals surface area contributed by atoms with Crippen LogP contribution in [0.25, 0.3) is 0 Å². The zero-order valence-corrected chi connectivity index (χ0v) is 13.1. The lowest BCUT2D eigenvalue weighted by molar-refractivity contribution is 0.226. The van der Waals surface area contributed by atoms with Gasteiger partial charge in [0, 0.05) is 23.6 Å². The number of rotatable bonds is 3. The first-order chi connectivity index (χ1) is 10.1. The molecule has 0 bridgehead atoms. The highest BCUT2D eigenvalue weighted by Crippen LogP contribution is 2.49. The molecule has 0 amide bonds. The Morgan fingerprint density at radius 3 is 2.67 bits per heavy atom. The van der Waals surface area contributed by atoms with Crippen LogP contribution < -0.4 is 9.47 Å². The van der Waals surface area contributed by atoms with Gasteiger partial charge in [0.05, 0.1) is 14.2 Å². The lowest BCUT2D eigenvalue weighted by Gasteiger charge is -2.42. The first-order valence-electron chi connectivity index (χ1n) is 7.60. The van der Waals surface area contributed by atoms with E-state index in [2.05, 4.69) is 24.1 Å².